The van der Waals surface area contributed by atoms with Gasteiger partial charge in [-0.25, -0.2) is 0 Å². The van der Waals surface area contributed by atoms with E-state index in [1.807, 2.05) is 20.3 Å². The third-order valence-electron chi connectivity index (χ3n) is 1.88. The van der Waals surface area contributed by atoms with Gasteiger partial charge in [0.15, 0.2) is 0 Å². The van der Waals surface area contributed by atoms with Crippen LogP contribution < -0.4 is 4.90 Å². The zero-order chi connectivity index (χ0) is 9.14. The molecular weight excluding hydrogens is 148 g/mol. The SMILES string of the molecule is CC(C)c1ccc(N(C)C)cn1. The summed E-state index contributed by atoms with van der Waals surface area (Å²) in [5, 5.41) is 0. The van der Waals surface area contributed by atoms with Crippen LogP contribution >= 0.6 is 0 Å². The van der Waals surface area contributed by atoms with Gasteiger partial charge in [-0.1, -0.05) is 13.8 Å². The number of hydrogen-bond donors (Lipinski definition) is 0. The Morgan fingerprint density at radius 2 is 1.92 bits per heavy atom. The summed E-state index contributed by atoms with van der Waals surface area (Å²) >= 11 is 0. The van der Waals surface area contributed by atoms with Gasteiger partial charge in [0.2, 0.25) is 0 Å². The van der Waals surface area contributed by atoms with E-state index in [9.17, 15) is 0 Å². The Hall–Kier alpha value is -1.05. The Balaban J connectivity index is 2.86. The van der Waals surface area contributed by atoms with Crippen LogP contribution in [0.2, 0.25) is 0 Å². The predicted molar refractivity (Wildman–Crippen MR) is 52.7 cm³/mol. The molecule has 0 aromatic carbocycles. The van der Waals surface area contributed by atoms with Crippen LogP contribution in [0, 0.1) is 0 Å². The fourth-order valence-corrected chi connectivity index (χ4v) is 1.00. The molecule has 0 N–H and O–H groups in total. The maximum absolute atomic E-state index is 4.36. The zero-order valence-electron chi connectivity index (χ0n) is 8.20. The van der Waals surface area contributed by atoms with Crippen molar-refractivity contribution in [1.29, 1.82) is 0 Å². The Kier molecular flexibility index (Phi) is 2.69. The fraction of sp³-hybridized carbons (Fsp3) is 0.500. The zero-order valence-corrected chi connectivity index (χ0v) is 8.20. The van der Waals surface area contributed by atoms with E-state index in [0.717, 1.165) is 11.4 Å². The Morgan fingerprint density at radius 3 is 2.25 bits per heavy atom. The minimum absolute atomic E-state index is 0.515. The van der Waals surface area contributed by atoms with Crippen LogP contribution in [0.15, 0.2) is 18.3 Å². The molecule has 66 valence electrons. The quantitative estimate of drug-likeness (QED) is 0.666. The lowest BCUT2D eigenvalue weighted by Crippen LogP contribution is -2.09. The Labute approximate surface area is 74.2 Å². The lowest BCUT2D eigenvalue weighted by atomic mass is 10.1. The van der Waals surface area contributed by atoms with Crippen molar-refractivity contribution in [3.63, 3.8) is 0 Å². The molecule has 0 saturated heterocycles. The first-order valence-corrected chi connectivity index (χ1v) is 4.24. The molecule has 0 atom stereocenters. The highest BCUT2D eigenvalue weighted by atomic mass is 15.1. The van der Waals surface area contributed by atoms with E-state index in [2.05, 4.69) is 35.9 Å². The van der Waals surface area contributed by atoms with Crippen LogP contribution in [0.3, 0.4) is 0 Å². The molecule has 1 rings (SSSR count). The highest BCUT2D eigenvalue weighted by Gasteiger charge is 2.00. The highest BCUT2D eigenvalue weighted by Crippen LogP contribution is 2.14. The molecule has 0 aliphatic rings. The van der Waals surface area contributed by atoms with Crippen LogP contribution in [-0.2, 0) is 0 Å². The van der Waals surface area contributed by atoms with E-state index in [4.69, 9.17) is 0 Å². The molecule has 12 heavy (non-hydrogen) atoms. The smallest absolute Gasteiger partial charge is 0.0547 e. The molecule has 0 radical (unpaired) electrons. The topological polar surface area (TPSA) is 16.1 Å². The summed E-state index contributed by atoms with van der Waals surface area (Å²) in [6.45, 7) is 4.30. The van der Waals surface area contributed by atoms with Gasteiger partial charge in [0, 0.05) is 19.8 Å². The van der Waals surface area contributed by atoms with Gasteiger partial charge in [-0.05, 0) is 18.1 Å². The van der Waals surface area contributed by atoms with Crippen molar-refractivity contribution < 1.29 is 0 Å². The number of hydrogen-bond acceptors (Lipinski definition) is 2. The van der Waals surface area contributed by atoms with Crippen LogP contribution in [0.25, 0.3) is 0 Å². The average Bonchev–Trinajstić information content (AvgIpc) is 2.04. The van der Waals surface area contributed by atoms with Gasteiger partial charge in [0.1, 0.15) is 0 Å². The molecule has 0 saturated carbocycles. The molecule has 0 spiro atoms. The molecule has 1 aromatic rings. The van der Waals surface area contributed by atoms with Crippen molar-refractivity contribution in [2.45, 2.75) is 19.8 Å². The summed E-state index contributed by atoms with van der Waals surface area (Å²) in [4.78, 5) is 6.41. The number of aromatic nitrogens is 1. The van der Waals surface area contributed by atoms with Gasteiger partial charge >= 0.3 is 0 Å². The van der Waals surface area contributed by atoms with E-state index >= 15 is 0 Å². The van der Waals surface area contributed by atoms with Gasteiger partial charge in [-0.15, -0.1) is 0 Å². The molecule has 2 nitrogen and oxygen atoms in total. The number of rotatable bonds is 2. The summed E-state index contributed by atoms with van der Waals surface area (Å²) in [6.07, 6.45) is 1.91. The van der Waals surface area contributed by atoms with Crippen LogP contribution in [0.5, 0.6) is 0 Å². The van der Waals surface area contributed by atoms with Gasteiger partial charge in [-0.3, -0.25) is 4.98 Å². The Bertz CT molecular complexity index is 210. The van der Waals surface area contributed by atoms with Crippen LogP contribution in [-0.4, -0.2) is 19.1 Å². The van der Waals surface area contributed by atoms with Crippen molar-refractivity contribution in [3.05, 3.63) is 24.0 Å². The maximum Gasteiger partial charge on any atom is 0.0547 e. The first-order valence-electron chi connectivity index (χ1n) is 4.24. The molecular formula is C10H16N2. The largest absolute Gasteiger partial charge is 0.376 e. The second kappa shape index (κ2) is 3.57. The second-order valence-corrected chi connectivity index (χ2v) is 3.49. The monoisotopic (exact) mass is 164 g/mol. The third-order valence-corrected chi connectivity index (χ3v) is 1.88. The van der Waals surface area contributed by atoms with Crippen molar-refractivity contribution in [3.8, 4) is 0 Å². The molecule has 0 bridgehead atoms. The summed E-state index contributed by atoms with van der Waals surface area (Å²) in [7, 11) is 4.04. The van der Waals surface area contributed by atoms with Crippen molar-refractivity contribution in [2.24, 2.45) is 0 Å². The lowest BCUT2D eigenvalue weighted by Gasteiger charge is -2.12. The highest BCUT2D eigenvalue weighted by molar-refractivity contribution is 5.42. The van der Waals surface area contributed by atoms with Crippen molar-refractivity contribution >= 4 is 5.69 Å². The molecule has 0 amide bonds. The number of pyridine rings is 1. The van der Waals surface area contributed by atoms with E-state index in [1.165, 1.54) is 0 Å². The molecule has 0 aliphatic heterocycles. The van der Waals surface area contributed by atoms with Crippen LogP contribution in [0.1, 0.15) is 25.5 Å². The fourth-order valence-electron chi connectivity index (χ4n) is 1.00. The van der Waals surface area contributed by atoms with Gasteiger partial charge in [-0.2, -0.15) is 0 Å². The van der Waals surface area contributed by atoms with Gasteiger partial charge in [0.05, 0.1) is 11.9 Å². The lowest BCUT2D eigenvalue weighted by molar-refractivity contribution is 0.822. The van der Waals surface area contributed by atoms with Crippen LogP contribution in [0.4, 0.5) is 5.69 Å². The molecule has 0 fully saturated rings. The Morgan fingerprint density at radius 1 is 1.25 bits per heavy atom. The first-order chi connectivity index (χ1) is 5.61. The van der Waals surface area contributed by atoms with E-state index in [-0.39, 0.29) is 0 Å². The van der Waals surface area contributed by atoms with Gasteiger partial charge < -0.3 is 4.90 Å². The minimum atomic E-state index is 0.515. The van der Waals surface area contributed by atoms with E-state index < -0.39 is 0 Å². The summed E-state index contributed by atoms with van der Waals surface area (Å²) < 4.78 is 0. The molecule has 0 unspecified atom stereocenters. The first kappa shape index (κ1) is 9.04. The summed E-state index contributed by atoms with van der Waals surface area (Å²) in [6, 6.07) is 4.18. The number of nitrogens with zero attached hydrogens (tertiary/aromatic N) is 2. The van der Waals surface area contributed by atoms with Crippen molar-refractivity contribution in [2.75, 3.05) is 19.0 Å². The standard InChI is InChI=1S/C10H16N2/c1-8(2)10-6-5-9(7-11-10)12(3)4/h5-8H,1-4H3. The minimum Gasteiger partial charge on any atom is -0.376 e. The normalized spacial score (nSPS) is 10.4. The third kappa shape index (κ3) is 1.97. The summed E-state index contributed by atoms with van der Waals surface area (Å²) in [5.74, 6) is 0.515. The molecule has 0 aliphatic carbocycles. The number of anilines is 1. The maximum atomic E-state index is 4.36. The summed E-state index contributed by atoms with van der Waals surface area (Å²) in [5.41, 5.74) is 2.31. The molecule has 1 aromatic heterocycles. The van der Waals surface area contributed by atoms with Crippen molar-refractivity contribution in [1.82, 2.24) is 4.98 Å². The molecule has 2 heteroatoms. The molecule has 1 heterocycles. The van der Waals surface area contributed by atoms with E-state index in [0.29, 0.717) is 5.92 Å². The van der Waals surface area contributed by atoms with Gasteiger partial charge in [0.25, 0.3) is 0 Å². The average molecular weight is 164 g/mol. The second-order valence-electron chi connectivity index (χ2n) is 3.49. The van der Waals surface area contributed by atoms with E-state index in [1.54, 1.807) is 0 Å². The predicted octanol–water partition coefficient (Wildman–Crippen LogP) is 2.27.